The molecular formula is C25H43N5O7. The maximum absolute atomic E-state index is 12.3. The van der Waals surface area contributed by atoms with E-state index in [1.165, 1.54) is 32.1 Å². The molecule has 1 heterocycles. The Morgan fingerprint density at radius 2 is 1.35 bits per heavy atom. The van der Waals surface area contributed by atoms with Crippen molar-refractivity contribution < 1.29 is 34.2 Å². The number of carbonyl (C=O) groups is 5. The van der Waals surface area contributed by atoms with Gasteiger partial charge in [0, 0.05) is 12.8 Å². The van der Waals surface area contributed by atoms with Crippen molar-refractivity contribution >= 4 is 35.6 Å². The molecule has 0 aromatic heterocycles. The van der Waals surface area contributed by atoms with Crippen LogP contribution >= 0.6 is 0 Å². The molecule has 2 unspecified atom stereocenters. The molecule has 1 aliphatic rings. The van der Waals surface area contributed by atoms with Crippen molar-refractivity contribution in [2.24, 2.45) is 10.7 Å². The van der Waals surface area contributed by atoms with Gasteiger partial charge < -0.3 is 26.6 Å². The van der Waals surface area contributed by atoms with Crippen LogP contribution in [0.1, 0.15) is 103 Å². The van der Waals surface area contributed by atoms with E-state index in [1.807, 2.05) is 0 Å². The van der Waals surface area contributed by atoms with E-state index in [-0.39, 0.29) is 49.9 Å². The predicted octanol–water partition coefficient (Wildman–Crippen LogP) is 1.81. The average Bonchev–Trinajstić information content (AvgIpc) is 3.16. The second-order valence-corrected chi connectivity index (χ2v) is 9.48. The third kappa shape index (κ3) is 14.2. The molecule has 0 aromatic carbocycles. The second kappa shape index (κ2) is 18.1. The molecule has 0 bridgehead atoms. The Morgan fingerprint density at radius 1 is 0.838 bits per heavy atom. The number of hydrogen-bond acceptors (Lipinski definition) is 7. The van der Waals surface area contributed by atoms with Gasteiger partial charge in [-0.2, -0.15) is 0 Å². The van der Waals surface area contributed by atoms with E-state index in [2.05, 4.69) is 27.9 Å². The topological polar surface area (TPSA) is 200 Å². The smallest absolute Gasteiger partial charge is 0.326 e. The Hall–Kier alpha value is -3.18. The molecule has 0 saturated carbocycles. The lowest BCUT2D eigenvalue weighted by molar-refractivity contribution is -0.143. The summed E-state index contributed by atoms with van der Waals surface area (Å²) in [6.07, 6.45) is 10.4. The monoisotopic (exact) mass is 525 g/mol. The van der Waals surface area contributed by atoms with E-state index >= 15 is 0 Å². The first-order valence-electron chi connectivity index (χ1n) is 13.3. The molecule has 0 spiro atoms. The van der Waals surface area contributed by atoms with E-state index in [9.17, 15) is 34.2 Å². The maximum atomic E-state index is 12.3. The van der Waals surface area contributed by atoms with Crippen LogP contribution in [0, 0.1) is 0 Å². The molecule has 0 saturated heterocycles. The summed E-state index contributed by atoms with van der Waals surface area (Å²) in [5.41, 5.74) is 5.43. The predicted molar refractivity (Wildman–Crippen MR) is 138 cm³/mol. The lowest BCUT2D eigenvalue weighted by Crippen LogP contribution is -2.44. The first kappa shape index (κ1) is 31.8. The highest BCUT2D eigenvalue weighted by atomic mass is 16.4. The number of aliphatic carboxylic acids is 2. The van der Waals surface area contributed by atoms with Gasteiger partial charge in [0.15, 0.2) is 5.96 Å². The van der Waals surface area contributed by atoms with Crippen LogP contribution in [0.4, 0.5) is 0 Å². The van der Waals surface area contributed by atoms with Crippen molar-refractivity contribution in [1.82, 2.24) is 16.0 Å². The lowest BCUT2D eigenvalue weighted by atomic mass is 10.0. The molecule has 0 aliphatic carbocycles. The fraction of sp³-hybridized carbons (Fsp3) is 0.760. The number of hydrogen-bond donors (Lipinski definition) is 6. The molecule has 3 atom stereocenters. The molecule has 0 fully saturated rings. The third-order valence-corrected chi connectivity index (χ3v) is 6.25. The lowest BCUT2D eigenvalue weighted by Gasteiger charge is -2.17. The Bertz CT molecular complexity index is 802. The zero-order valence-corrected chi connectivity index (χ0v) is 21.8. The average molecular weight is 526 g/mol. The van der Waals surface area contributed by atoms with Gasteiger partial charge in [-0.05, 0) is 32.1 Å². The van der Waals surface area contributed by atoms with Gasteiger partial charge in [-0.3, -0.25) is 19.7 Å². The minimum absolute atomic E-state index is 0.0197. The van der Waals surface area contributed by atoms with Crippen LogP contribution in [0.3, 0.4) is 0 Å². The summed E-state index contributed by atoms with van der Waals surface area (Å²) in [5.74, 6) is -3.83. The molecule has 1 aliphatic heterocycles. The largest absolute Gasteiger partial charge is 0.480 e. The number of carboxylic acid groups (broad SMARTS) is 2. The minimum atomic E-state index is -1.25. The summed E-state index contributed by atoms with van der Waals surface area (Å²) in [6.45, 7) is 2.18. The second-order valence-electron chi connectivity index (χ2n) is 9.48. The molecule has 1 rings (SSSR count). The number of aliphatic imine (C=N–C) groups is 1. The highest BCUT2D eigenvalue weighted by Crippen LogP contribution is 2.12. The third-order valence-electron chi connectivity index (χ3n) is 6.25. The number of nitrogens with two attached hydrogens (primary N) is 1. The van der Waals surface area contributed by atoms with Crippen LogP contribution in [0.5, 0.6) is 0 Å². The van der Waals surface area contributed by atoms with Crippen LogP contribution in [-0.4, -0.2) is 64.0 Å². The molecule has 12 heteroatoms. The van der Waals surface area contributed by atoms with Gasteiger partial charge in [-0.25, -0.2) is 14.6 Å². The zero-order chi connectivity index (χ0) is 27.6. The normalized spacial score (nSPS) is 16.4. The summed E-state index contributed by atoms with van der Waals surface area (Å²) in [5, 5.41) is 26.0. The van der Waals surface area contributed by atoms with Gasteiger partial charge in [0.05, 0.1) is 0 Å². The number of nitrogens with zero attached hydrogens (tertiary/aromatic N) is 1. The number of carboxylic acids is 2. The number of carbonyl (C=O) groups excluding carboxylic acids is 3. The molecule has 12 nitrogen and oxygen atoms in total. The maximum Gasteiger partial charge on any atom is 0.326 e. The van der Waals surface area contributed by atoms with Crippen LogP contribution in [0.25, 0.3) is 0 Å². The first-order chi connectivity index (χ1) is 17.6. The number of nitrogens with one attached hydrogen (secondary N) is 3. The van der Waals surface area contributed by atoms with E-state index in [0.29, 0.717) is 12.8 Å². The van der Waals surface area contributed by atoms with Crippen molar-refractivity contribution in [1.29, 1.82) is 0 Å². The summed E-state index contributed by atoms with van der Waals surface area (Å²) >= 11 is 0. The Kier molecular flexibility index (Phi) is 15.6. The van der Waals surface area contributed by atoms with Crippen molar-refractivity contribution in [3.8, 4) is 0 Å². The number of unbranched alkanes of at least 4 members (excludes halogenated alkanes) is 8. The summed E-state index contributed by atoms with van der Waals surface area (Å²) in [6, 6.07) is -3.10. The quantitative estimate of drug-likeness (QED) is 0.122. The van der Waals surface area contributed by atoms with Gasteiger partial charge in [0.2, 0.25) is 11.8 Å². The Morgan fingerprint density at radius 3 is 1.86 bits per heavy atom. The van der Waals surface area contributed by atoms with E-state index in [4.69, 9.17) is 5.73 Å². The van der Waals surface area contributed by atoms with E-state index in [1.54, 1.807) is 0 Å². The van der Waals surface area contributed by atoms with E-state index in [0.717, 1.165) is 19.3 Å². The zero-order valence-electron chi connectivity index (χ0n) is 21.8. The standard InChI is InChI=1S/C25H43N5O7/c1-2-3-4-5-6-7-8-9-10-14-20(31)28-19(24(36)37)15-16-21(32)27-18(23(34)35)13-11-12-17-22(33)30-25(26)29-17/h17-19H,2-16H2,1H3,(H,27,32)(H,28,31)(H,34,35)(H,36,37)(H3,26,29,30,33)/t17?,18?,19-/m1/s1. The summed E-state index contributed by atoms with van der Waals surface area (Å²) in [7, 11) is 0. The van der Waals surface area contributed by atoms with Gasteiger partial charge in [0.25, 0.3) is 5.91 Å². The SMILES string of the molecule is CCCCCCCCCCCC(=O)N[C@H](CCC(=O)NC(CCCC1N=C(N)NC1=O)C(=O)O)C(=O)O. The molecule has 3 amide bonds. The summed E-state index contributed by atoms with van der Waals surface area (Å²) in [4.78, 5) is 63.0. The van der Waals surface area contributed by atoms with Crippen molar-refractivity contribution in [2.45, 2.75) is 121 Å². The molecule has 0 radical (unpaired) electrons. The Labute approximate surface area is 218 Å². The molecule has 37 heavy (non-hydrogen) atoms. The molecule has 210 valence electrons. The molecule has 0 aromatic rings. The van der Waals surface area contributed by atoms with Gasteiger partial charge in [0.1, 0.15) is 18.1 Å². The van der Waals surface area contributed by atoms with E-state index < -0.39 is 36.0 Å². The number of rotatable bonds is 21. The fourth-order valence-corrected chi connectivity index (χ4v) is 4.10. The van der Waals surface area contributed by atoms with Crippen molar-refractivity contribution in [2.75, 3.05) is 0 Å². The summed E-state index contributed by atoms with van der Waals surface area (Å²) < 4.78 is 0. The van der Waals surface area contributed by atoms with Crippen LogP contribution in [-0.2, 0) is 24.0 Å². The Balaban J connectivity index is 2.30. The highest BCUT2D eigenvalue weighted by molar-refractivity contribution is 6.04. The van der Waals surface area contributed by atoms with Gasteiger partial charge in [-0.15, -0.1) is 0 Å². The number of guanidine groups is 1. The minimum Gasteiger partial charge on any atom is -0.480 e. The molecule has 7 N–H and O–H groups in total. The highest BCUT2D eigenvalue weighted by Gasteiger charge is 2.27. The van der Waals surface area contributed by atoms with Gasteiger partial charge >= 0.3 is 11.9 Å². The van der Waals surface area contributed by atoms with Crippen LogP contribution < -0.4 is 21.7 Å². The van der Waals surface area contributed by atoms with Gasteiger partial charge in [-0.1, -0.05) is 58.3 Å². The number of amides is 3. The fourth-order valence-electron chi connectivity index (χ4n) is 4.10. The van der Waals surface area contributed by atoms with Crippen LogP contribution in [0.15, 0.2) is 4.99 Å². The first-order valence-corrected chi connectivity index (χ1v) is 13.3. The molecular weight excluding hydrogens is 482 g/mol. The van der Waals surface area contributed by atoms with Crippen LogP contribution in [0.2, 0.25) is 0 Å². The van der Waals surface area contributed by atoms with Crippen molar-refractivity contribution in [3.05, 3.63) is 0 Å². The van der Waals surface area contributed by atoms with Crippen molar-refractivity contribution in [3.63, 3.8) is 0 Å².